The summed E-state index contributed by atoms with van der Waals surface area (Å²) in [5.41, 5.74) is 3.04. The topological polar surface area (TPSA) is 29.5 Å². The maximum Gasteiger partial charge on any atom is 0.121 e. The molecule has 0 saturated heterocycles. The van der Waals surface area contributed by atoms with Gasteiger partial charge in [0.05, 0.1) is 6.61 Å². The van der Waals surface area contributed by atoms with E-state index in [0.29, 0.717) is 6.61 Å². The third-order valence-electron chi connectivity index (χ3n) is 2.49. The summed E-state index contributed by atoms with van der Waals surface area (Å²) in [4.78, 5) is 0. The minimum atomic E-state index is 0.279. The van der Waals surface area contributed by atoms with Gasteiger partial charge in [-0.15, -0.1) is 0 Å². The number of hydrogen-bond donors (Lipinski definition) is 1. The number of methoxy groups -OCH3 is 1. The van der Waals surface area contributed by atoms with Crippen LogP contribution in [-0.2, 0) is 11.3 Å². The van der Waals surface area contributed by atoms with E-state index < -0.39 is 0 Å². The smallest absolute Gasteiger partial charge is 0.121 e. The van der Waals surface area contributed by atoms with E-state index in [9.17, 15) is 5.11 Å². The molecule has 0 aliphatic rings. The second-order valence-corrected chi connectivity index (χ2v) is 3.64. The van der Waals surface area contributed by atoms with Crippen molar-refractivity contribution in [2.45, 2.75) is 6.61 Å². The molecule has 0 heterocycles. The molecule has 0 amide bonds. The van der Waals surface area contributed by atoms with Gasteiger partial charge >= 0.3 is 0 Å². The number of phenolic OH excluding ortho intramolecular Hbond substituents is 1. The van der Waals surface area contributed by atoms with Crippen LogP contribution in [0, 0.1) is 0 Å². The highest BCUT2D eigenvalue weighted by Crippen LogP contribution is 2.26. The Labute approximate surface area is 95.1 Å². The van der Waals surface area contributed by atoms with E-state index in [-0.39, 0.29) is 5.75 Å². The molecule has 16 heavy (non-hydrogen) atoms. The second kappa shape index (κ2) is 4.81. The molecular formula is C14H14O2. The molecule has 0 fully saturated rings. The lowest BCUT2D eigenvalue weighted by molar-refractivity contribution is 0.182. The van der Waals surface area contributed by atoms with Crippen LogP contribution in [0.1, 0.15) is 5.56 Å². The Morgan fingerprint density at radius 3 is 2.44 bits per heavy atom. The number of ether oxygens (including phenoxy) is 1. The lowest BCUT2D eigenvalue weighted by atomic mass is 10.0. The number of rotatable bonds is 3. The van der Waals surface area contributed by atoms with Crippen molar-refractivity contribution >= 4 is 0 Å². The first kappa shape index (κ1) is 10.7. The highest BCUT2D eigenvalue weighted by atomic mass is 16.5. The van der Waals surface area contributed by atoms with Crippen LogP contribution < -0.4 is 0 Å². The fraction of sp³-hybridized carbons (Fsp3) is 0.143. The van der Waals surface area contributed by atoms with Crippen LogP contribution in [0.2, 0.25) is 0 Å². The zero-order valence-corrected chi connectivity index (χ0v) is 9.18. The molecule has 0 aliphatic carbocycles. The molecule has 2 aromatic rings. The van der Waals surface area contributed by atoms with Crippen LogP contribution in [0.5, 0.6) is 5.75 Å². The van der Waals surface area contributed by atoms with Crippen molar-refractivity contribution in [2.24, 2.45) is 0 Å². The summed E-state index contributed by atoms with van der Waals surface area (Å²) >= 11 is 0. The second-order valence-electron chi connectivity index (χ2n) is 3.64. The van der Waals surface area contributed by atoms with E-state index in [4.69, 9.17) is 4.74 Å². The quantitative estimate of drug-likeness (QED) is 0.850. The standard InChI is InChI=1S/C14H14O2/c1-16-10-13-9-12(7-8-14(13)15)11-5-3-2-4-6-11/h2-9,15H,10H2,1H3. The van der Waals surface area contributed by atoms with Gasteiger partial charge in [-0.05, 0) is 23.3 Å². The van der Waals surface area contributed by atoms with Gasteiger partial charge in [0.2, 0.25) is 0 Å². The molecule has 0 spiro atoms. The molecule has 0 unspecified atom stereocenters. The van der Waals surface area contributed by atoms with Gasteiger partial charge in [-0.1, -0.05) is 36.4 Å². The normalized spacial score (nSPS) is 10.3. The van der Waals surface area contributed by atoms with E-state index in [0.717, 1.165) is 16.7 Å². The van der Waals surface area contributed by atoms with E-state index in [1.807, 2.05) is 42.5 Å². The van der Waals surface area contributed by atoms with E-state index in [1.54, 1.807) is 13.2 Å². The number of benzene rings is 2. The highest BCUT2D eigenvalue weighted by molar-refractivity contribution is 5.65. The predicted octanol–water partition coefficient (Wildman–Crippen LogP) is 3.21. The van der Waals surface area contributed by atoms with Gasteiger partial charge in [0.15, 0.2) is 0 Å². The summed E-state index contributed by atoms with van der Waals surface area (Å²) in [6.07, 6.45) is 0. The summed E-state index contributed by atoms with van der Waals surface area (Å²) in [6.45, 7) is 0.423. The van der Waals surface area contributed by atoms with E-state index >= 15 is 0 Å². The molecule has 2 aromatic carbocycles. The fourth-order valence-corrected chi connectivity index (χ4v) is 1.67. The minimum absolute atomic E-state index is 0.279. The van der Waals surface area contributed by atoms with Crippen LogP contribution in [-0.4, -0.2) is 12.2 Å². The Balaban J connectivity index is 2.40. The number of hydrogen-bond acceptors (Lipinski definition) is 2. The van der Waals surface area contributed by atoms with Gasteiger partial charge in [0.1, 0.15) is 5.75 Å². The zero-order valence-electron chi connectivity index (χ0n) is 9.18. The van der Waals surface area contributed by atoms with E-state index in [2.05, 4.69) is 0 Å². The molecule has 2 rings (SSSR count). The number of aromatic hydroxyl groups is 1. The van der Waals surface area contributed by atoms with Crippen LogP contribution in [0.25, 0.3) is 11.1 Å². The zero-order chi connectivity index (χ0) is 11.4. The predicted molar refractivity (Wildman–Crippen MR) is 64.3 cm³/mol. The largest absolute Gasteiger partial charge is 0.508 e. The van der Waals surface area contributed by atoms with Gasteiger partial charge in [0.25, 0.3) is 0 Å². The summed E-state index contributed by atoms with van der Waals surface area (Å²) < 4.78 is 5.04. The monoisotopic (exact) mass is 214 g/mol. The van der Waals surface area contributed by atoms with Crippen LogP contribution in [0.3, 0.4) is 0 Å². The molecule has 2 heteroatoms. The first-order valence-corrected chi connectivity index (χ1v) is 5.17. The summed E-state index contributed by atoms with van der Waals surface area (Å²) in [6, 6.07) is 15.6. The van der Waals surface area contributed by atoms with Gasteiger partial charge < -0.3 is 9.84 Å². The Kier molecular flexibility index (Phi) is 3.22. The summed E-state index contributed by atoms with van der Waals surface area (Å²) in [5.74, 6) is 0.279. The molecule has 2 nitrogen and oxygen atoms in total. The van der Waals surface area contributed by atoms with Gasteiger partial charge in [-0.2, -0.15) is 0 Å². The number of phenols is 1. The Bertz CT molecular complexity index is 463. The molecule has 82 valence electrons. The Morgan fingerprint density at radius 2 is 1.75 bits per heavy atom. The van der Waals surface area contributed by atoms with Crippen molar-refractivity contribution in [2.75, 3.05) is 7.11 Å². The van der Waals surface area contributed by atoms with Crippen molar-refractivity contribution in [1.82, 2.24) is 0 Å². The third kappa shape index (κ3) is 2.23. The Morgan fingerprint density at radius 1 is 1.00 bits per heavy atom. The first-order valence-electron chi connectivity index (χ1n) is 5.17. The van der Waals surface area contributed by atoms with E-state index in [1.165, 1.54) is 0 Å². The molecule has 0 aliphatic heterocycles. The third-order valence-corrected chi connectivity index (χ3v) is 2.49. The lowest BCUT2D eigenvalue weighted by Gasteiger charge is -2.07. The molecule has 0 bridgehead atoms. The van der Waals surface area contributed by atoms with Gasteiger partial charge in [-0.25, -0.2) is 0 Å². The van der Waals surface area contributed by atoms with Crippen molar-refractivity contribution < 1.29 is 9.84 Å². The lowest BCUT2D eigenvalue weighted by Crippen LogP contribution is -1.89. The highest BCUT2D eigenvalue weighted by Gasteiger charge is 2.03. The van der Waals surface area contributed by atoms with Gasteiger partial charge in [0, 0.05) is 12.7 Å². The summed E-state index contributed by atoms with van der Waals surface area (Å²) in [5, 5.41) is 9.63. The summed E-state index contributed by atoms with van der Waals surface area (Å²) in [7, 11) is 1.62. The molecule has 1 N–H and O–H groups in total. The average Bonchev–Trinajstić information content (AvgIpc) is 2.33. The Hall–Kier alpha value is -1.80. The van der Waals surface area contributed by atoms with Crippen LogP contribution in [0.4, 0.5) is 0 Å². The average molecular weight is 214 g/mol. The van der Waals surface area contributed by atoms with Crippen molar-refractivity contribution in [1.29, 1.82) is 0 Å². The van der Waals surface area contributed by atoms with Crippen molar-refractivity contribution in [3.8, 4) is 16.9 Å². The molecule has 0 atom stereocenters. The molecule has 0 aromatic heterocycles. The maximum atomic E-state index is 9.63. The fourth-order valence-electron chi connectivity index (χ4n) is 1.67. The van der Waals surface area contributed by atoms with Crippen molar-refractivity contribution in [3.05, 3.63) is 54.1 Å². The molecule has 0 saturated carbocycles. The minimum Gasteiger partial charge on any atom is -0.508 e. The molecular weight excluding hydrogens is 200 g/mol. The van der Waals surface area contributed by atoms with Crippen LogP contribution in [0.15, 0.2) is 48.5 Å². The van der Waals surface area contributed by atoms with Crippen LogP contribution >= 0.6 is 0 Å². The maximum absolute atomic E-state index is 9.63. The SMILES string of the molecule is COCc1cc(-c2ccccc2)ccc1O. The first-order chi connectivity index (χ1) is 7.81. The molecule has 0 radical (unpaired) electrons. The van der Waals surface area contributed by atoms with Crippen molar-refractivity contribution in [3.63, 3.8) is 0 Å². The van der Waals surface area contributed by atoms with Gasteiger partial charge in [-0.3, -0.25) is 0 Å².